The second kappa shape index (κ2) is 7.41. The van der Waals surface area contributed by atoms with Gasteiger partial charge in [-0.1, -0.05) is 0 Å². The second-order valence-corrected chi connectivity index (χ2v) is 11.3. The van der Waals surface area contributed by atoms with Gasteiger partial charge in [-0.15, -0.1) is 22.7 Å². The highest BCUT2D eigenvalue weighted by molar-refractivity contribution is 7.15. The topological polar surface area (TPSA) is 76.2 Å². The zero-order valence-corrected chi connectivity index (χ0v) is 20.1. The largest absolute Gasteiger partial charge is 0.371 e. The molecule has 7 nitrogen and oxygen atoms in total. The molecule has 2 unspecified atom stereocenters. The number of morpholine rings is 1. The van der Waals surface area contributed by atoms with Crippen LogP contribution >= 0.6 is 22.7 Å². The van der Waals surface area contributed by atoms with Gasteiger partial charge in [0.2, 0.25) is 0 Å². The molecule has 33 heavy (non-hydrogen) atoms. The predicted molar refractivity (Wildman–Crippen MR) is 130 cm³/mol. The molecular formula is C24H25N5O2S2. The lowest BCUT2D eigenvalue weighted by atomic mass is 9.80. The minimum atomic E-state index is -0.228. The third-order valence-electron chi connectivity index (χ3n) is 7.50. The molecule has 170 valence electrons. The number of hydrogen-bond acceptors (Lipinski definition) is 8. The molecule has 0 aromatic carbocycles. The SMILES string of the molecule is COC1(c2ncc(-c3ccnc4[nH]c(-c5cnc(C67CCN(CCO6)C7)s5)cc34)s2)CCC1. The van der Waals surface area contributed by atoms with E-state index in [2.05, 4.69) is 27.0 Å². The Balaban J connectivity index is 1.24. The molecule has 3 fully saturated rings. The average Bonchev–Trinajstić information content (AvgIpc) is 3.59. The van der Waals surface area contributed by atoms with E-state index in [1.54, 1.807) is 29.8 Å². The van der Waals surface area contributed by atoms with E-state index < -0.39 is 0 Å². The van der Waals surface area contributed by atoms with Crippen molar-refractivity contribution in [2.45, 2.75) is 36.9 Å². The molecule has 6 heterocycles. The first-order valence-electron chi connectivity index (χ1n) is 11.5. The predicted octanol–water partition coefficient (Wildman–Crippen LogP) is 4.77. The summed E-state index contributed by atoms with van der Waals surface area (Å²) in [4.78, 5) is 22.4. The molecule has 2 bridgehead atoms. The van der Waals surface area contributed by atoms with E-state index in [9.17, 15) is 0 Å². The van der Waals surface area contributed by atoms with Crippen LogP contribution in [0.4, 0.5) is 0 Å². The van der Waals surface area contributed by atoms with Crippen molar-refractivity contribution in [3.63, 3.8) is 0 Å². The fourth-order valence-electron chi connectivity index (χ4n) is 5.37. The van der Waals surface area contributed by atoms with Gasteiger partial charge in [-0.2, -0.15) is 0 Å². The summed E-state index contributed by atoms with van der Waals surface area (Å²) < 4.78 is 12.1. The Kier molecular flexibility index (Phi) is 4.54. The van der Waals surface area contributed by atoms with Gasteiger partial charge >= 0.3 is 0 Å². The van der Waals surface area contributed by atoms with E-state index in [0.29, 0.717) is 0 Å². The molecule has 9 heteroatoms. The van der Waals surface area contributed by atoms with Crippen LogP contribution < -0.4 is 0 Å². The number of nitrogens with one attached hydrogen (secondary N) is 1. The number of pyridine rings is 1. The first-order chi connectivity index (χ1) is 16.2. The maximum atomic E-state index is 6.25. The molecule has 1 saturated carbocycles. The highest BCUT2D eigenvalue weighted by Gasteiger charge is 2.46. The first-order valence-corrected chi connectivity index (χ1v) is 13.1. The number of rotatable bonds is 5. The summed E-state index contributed by atoms with van der Waals surface area (Å²) in [5.41, 5.74) is 2.68. The van der Waals surface area contributed by atoms with Crippen LogP contribution in [-0.2, 0) is 20.7 Å². The normalized spacial score (nSPS) is 26.0. The van der Waals surface area contributed by atoms with Crippen LogP contribution in [0.15, 0.2) is 30.7 Å². The van der Waals surface area contributed by atoms with Crippen molar-refractivity contribution in [1.82, 2.24) is 24.8 Å². The van der Waals surface area contributed by atoms with Gasteiger partial charge in [-0.05, 0) is 37.8 Å². The van der Waals surface area contributed by atoms with Gasteiger partial charge in [0.05, 0.1) is 22.1 Å². The fourth-order valence-corrected chi connectivity index (χ4v) is 7.60. The summed E-state index contributed by atoms with van der Waals surface area (Å²) in [6.45, 7) is 3.86. The lowest BCUT2D eigenvalue weighted by Gasteiger charge is -2.38. The summed E-state index contributed by atoms with van der Waals surface area (Å²) in [5, 5.41) is 3.28. The smallest absolute Gasteiger partial charge is 0.138 e. The van der Waals surface area contributed by atoms with E-state index in [0.717, 1.165) is 87.6 Å². The molecule has 2 aliphatic heterocycles. The number of methoxy groups -OCH3 is 1. The molecule has 2 saturated heterocycles. The Morgan fingerprint density at radius 3 is 2.76 bits per heavy atom. The highest BCUT2D eigenvalue weighted by atomic mass is 32.1. The molecule has 1 N–H and O–H groups in total. The van der Waals surface area contributed by atoms with Crippen LogP contribution in [0, 0.1) is 0 Å². The van der Waals surface area contributed by atoms with Gasteiger partial charge in [0.25, 0.3) is 0 Å². The van der Waals surface area contributed by atoms with E-state index in [-0.39, 0.29) is 11.2 Å². The van der Waals surface area contributed by atoms with E-state index >= 15 is 0 Å². The zero-order chi connectivity index (χ0) is 22.0. The summed E-state index contributed by atoms with van der Waals surface area (Å²) >= 11 is 3.47. The molecular weight excluding hydrogens is 454 g/mol. The van der Waals surface area contributed by atoms with Crippen molar-refractivity contribution in [2.75, 3.05) is 33.4 Å². The Morgan fingerprint density at radius 1 is 1.06 bits per heavy atom. The number of thiazole rings is 2. The van der Waals surface area contributed by atoms with E-state index in [1.807, 2.05) is 18.6 Å². The number of hydrogen-bond donors (Lipinski definition) is 1. The van der Waals surface area contributed by atoms with Crippen molar-refractivity contribution in [3.05, 3.63) is 40.7 Å². The first kappa shape index (κ1) is 20.2. The molecule has 0 spiro atoms. The maximum Gasteiger partial charge on any atom is 0.138 e. The monoisotopic (exact) mass is 479 g/mol. The van der Waals surface area contributed by atoms with Gasteiger partial charge in [-0.25, -0.2) is 15.0 Å². The second-order valence-electron chi connectivity index (χ2n) is 9.28. The summed E-state index contributed by atoms with van der Waals surface area (Å²) in [6.07, 6.45) is 10.1. The van der Waals surface area contributed by atoms with Crippen LogP contribution in [0.2, 0.25) is 0 Å². The van der Waals surface area contributed by atoms with Crippen molar-refractivity contribution >= 4 is 33.7 Å². The number of aromatic nitrogens is 4. The zero-order valence-electron chi connectivity index (χ0n) is 18.5. The third-order valence-corrected chi connectivity index (χ3v) is 9.93. The van der Waals surface area contributed by atoms with Crippen molar-refractivity contribution < 1.29 is 9.47 Å². The molecule has 0 amide bonds. The molecule has 3 aliphatic rings. The summed E-state index contributed by atoms with van der Waals surface area (Å²) in [7, 11) is 1.80. The Hall–Kier alpha value is -2.17. The maximum absolute atomic E-state index is 6.25. The molecule has 0 radical (unpaired) electrons. The molecule has 1 aliphatic carbocycles. The highest BCUT2D eigenvalue weighted by Crippen LogP contribution is 2.47. The van der Waals surface area contributed by atoms with Crippen molar-refractivity contribution in [2.24, 2.45) is 0 Å². The number of nitrogens with zero attached hydrogens (tertiary/aromatic N) is 4. The summed E-state index contributed by atoms with van der Waals surface area (Å²) in [5.74, 6) is 0. The third kappa shape index (κ3) is 3.06. The van der Waals surface area contributed by atoms with E-state index in [4.69, 9.17) is 19.4 Å². The Labute approximate surface area is 199 Å². The molecule has 7 rings (SSSR count). The minimum Gasteiger partial charge on any atom is -0.371 e. The fraction of sp³-hybridized carbons (Fsp3) is 0.458. The van der Waals surface area contributed by atoms with Crippen LogP contribution in [-0.4, -0.2) is 58.2 Å². The van der Waals surface area contributed by atoms with Gasteiger partial charge in [0.15, 0.2) is 0 Å². The van der Waals surface area contributed by atoms with E-state index in [1.165, 1.54) is 6.42 Å². The minimum absolute atomic E-state index is 0.187. The van der Waals surface area contributed by atoms with Gasteiger partial charge in [0, 0.05) is 56.3 Å². The standard InChI is InChI=1S/C24H25N5O2S2/c1-30-23(4-2-5-23)21-26-12-18(32-21)15-3-7-25-20-16(15)11-17(28-20)19-13-27-22(33-19)24-6-8-29(14-24)9-10-31-24/h3,7,11-13H,2,4-6,8-10,14H2,1H3,(H,25,28). The van der Waals surface area contributed by atoms with Crippen LogP contribution in [0.1, 0.15) is 35.7 Å². The number of H-pyrrole nitrogens is 1. The Bertz CT molecular complexity index is 1330. The van der Waals surface area contributed by atoms with Gasteiger partial charge in [-0.3, -0.25) is 4.90 Å². The van der Waals surface area contributed by atoms with Crippen molar-refractivity contribution in [1.29, 1.82) is 0 Å². The Morgan fingerprint density at radius 2 is 1.91 bits per heavy atom. The van der Waals surface area contributed by atoms with Crippen LogP contribution in [0.25, 0.3) is 32.0 Å². The average molecular weight is 480 g/mol. The summed E-state index contributed by atoms with van der Waals surface area (Å²) in [6, 6.07) is 4.28. The number of fused-ring (bicyclic) bond motifs is 3. The molecule has 4 aromatic heterocycles. The lowest BCUT2D eigenvalue weighted by molar-refractivity contribution is -0.0779. The van der Waals surface area contributed by atoms with Crippen LogP contribution in [0.3, 0.4) is 0 Å². The van der Waals surface area contributed by atoms with Crippen LogP contribution in [0.5, 0.6) is 0 Å². The number of aromatic amines is 1. The van der Waals surface area contributed by atoms with Gasteiger partial charge < -0.3 is 14.5 Å². The van der Waals surface area contributed by atoms with Gasteiger partial charge in [0.1, 0.15) is 26.9 Å². The molecule has 4 aromatic rings. The number of ether oxygens (including phenoxy) is 2. The molecule has 2 atom stereocenters. The van der Waals surface area contributed by atoms with Crippen molar-refractivity contribution in [3.8, 4) is 21.0 Å². The quantitative estimate of drug-likeness (QED) is 0.445. The lowest BCUT2D eigenvalue weighted by Crippen LogP contribution is -2.41.